The Bertz CT molecular complexity index is 1140. The van der Waals surface area contributed by atoms with E-state index in [1.165, 1.54) is 0 Å². The van der Waals surface area contributed by atoms with Gasteiger partial charge in [0.2, 0.25) is 0 Å². The van der Waals surface area contributed by atoms with Gasteiger partial charge in [0.05, 0.1) is 41.1 Å². The molecule has 2 heterocycles. The number of alkyl halides is 2. The average molecular weight is 409 g/mol. The van der Waals surface area contributed by atoms with E-state index in [9.17, 15) is 13.6 Å². The van der Waals surface area contributed by atoms with Crippen LogP contribution < -0.4 is 5.32 Å². The minimum Gasteiger partial charge on any atom is -0.346 e. The maximum absolute atomic E-state index is 13.5. The van der Waals surface area contributed by atoms with E-state index in [-0.39, 0.29) is 0 Å². The summed E-state index contributed by atoms with van der Waals surface area (Å²) in [4.78, 5) is 16.3. The number of pyridine rings is 1. The Morgan fingerprint density at radius 3 is 2.60 bits per heavy atom. The highest BCUT2D eigenvalue weighted by Crippen LogP contribution is 2.28. The maximum atomic E-state index is 13.5. The Hall–Kier alpha value is -3.60. The Kier molecular flexibility index (Phi) is 5.65. The third-order valence-corrected chi connectivity index (χ3v) is 4.78. The van der Waals surface area contributed by atoms with Gasteiger partial charge in [-0.3, -0.25) is 14.5 Å². The molecule has 0 aliphatic heterocycles. The lowest BCUT2D eigenvalue weighted by Crippen LogP contribution is -2.46. The number of nitrogens with one attached hydrogen (secondary N) is 1. The molecule has 6 nitrogen and oxygen atoms in total. The summed E-state index contributed by atoms with van der Waals surface area (Å²) in [5.41, 5.74) is 3.36. The second kappa shape index (κ2) is 8.03. The molecule has 0 spiro atoms. The SMILES string of the molecule is C=C(C)c1ccc(C([C@H](C)NC(=O)C(C)(F)F)n2ncc3cc(C#N)ccc32)cn1. The van der Waals surface area contributed by atoms with Crippen molar-refractivity contribution >= 4 is 22.4 Å². The minimum atomic E-state index is -3.51. The number of rotatable bonds is 6. The van der Waals surface area contributed by atoms with Gasteiger partial charge in [-0.05, 0) is 49.2 Å². The van der Waals surface area contributed by atoms with E-state index in [2.05, 4.69) is 28.0 Å². The van der Waals surface area contributed by atoms with Gasteiger partial charge in [-0.2, -0.15) is 19.1 Å². The summed E-state index contributed by atoms with van der Waals surface area (Å²) in [6.45, 7) is 7.89. The Labute approximate surface area is 172 Å². The van der Waals surface area contributed by atoms with Gasteiger partial charge >= 0.3 is 5.92 Å². The largest absolute Gasteiger partial charge is 0.346 e. The molecule has 30 heavy (non-hydrogen) atoms. The smallest absolute Gasteiger partial charge is 0.321 e. The third kappa shape index (κ3) is 4.20. The fourth-order valence-electron chi connectivity index (χ4n) is 3.23. The van der Waals surface area contributed by atoms with E-state index in [0.29, 0.717) is 29.3 Å². The zero-order valence-corrected chi connectivity index (χ0v) is 16.9. The number of allylic oxidation sites excluding steroid dienone is 1. The lowest BCUT2D eigenvalue weighted by Gasteiger charge is -2.27. The number of fused-ring (bicyclic) bond motifs is 1. The normalized spacial score (nSPS) is 13.5. The fourth-order valence-corrected chi connectivity index (χ4v) is 3.23. The number of nitrogens with zero attached hydrogens (tertiary/aromatic N) is 4. The van der Waals surface area contributed by atoms with Crippen LogP contribution >= 0.6 is 0 Å². The molecule has 1 unspecified atom stereocenters. The molecule has 0 aliphatic carbocycles. The minimum absolute atomic E-state index is 0.484. The van der Waals surface area contributed by atoms with Crippen molar-refractivity contribution in [3.8, 4) is 6.07 Å². The van der Waals surface area contributed by atoms with Crippen molar-refractivity contribution in [2.45, 2.75) is 38.8 Å². The first-order valence-electron chi connectivity index (χ1n) is 9.30. The fraction of sp³-hybridized carbons (Fsp3) is 0.273. The van der Waals surface area contributed by atoms with Crippen LogP contribution in [0.25, 0.3) is 16.5 Å². The molecule has 3 aromatic rings. The quantitative estimate of drug-likeness (QED) is 0.665. The van der Waals surface area contributed by atoms with Gasteiger partial charge in [-0.25, -0.2) is 0 Å². The van der Waals surface area contributed by atoms with E-state index in [4.69, 9.17) is 5.26 Å². The maximum Gasteiger partial charge on any atom is 0.321 e. The van der Waals surface area contributed by atoms with Crippen molar-refractivity contribution in [2.75, 3.05) is 0 Å². The summed E-state index contributed by atoms with van der Waals surface area (Å²) < 4.78 is 28.6. The first kappa shape index (κ1) is 21.1. The first-order valence-corrected chi connectivity index (χ1v) is 9.30. The molecular formula is C22H21F2N5O. The molecule has 3 rings (SSSR count). The predicted octanol–water partition coefficient (Wildman–Crippen LogP) is 4.09. The van der Waals surface area contributed by atoms with Crippen molar-refractivity contribution in [3.05, 3.63) is 66.1 Å². The van der Waals surface area contributed by atoms with Crippen LogP contribution in [0.2, 0.25) is 0 Å². The van der Waals surface area contributed by atoms with Crippen molar-refractivity contribution in [1.29, 1.82) is 5.26 Å². The lowest BCUT2D eigenvalue weighted by molar-refractivity contribution is -0.143. The van der Waals surface area contributed by atoms with Gasteiger partial charge in [-0.15, -0.1) is 0 Å². The molecule has 1 aromatic carbocycles. The number of carbonyl (C=O) groups excluding carboxylic acids is 1. The molecular weight excluding hydrogens is 388 g/mol. The lowest BCUT2D eigenvalue weighted by atomic mass is 10.0. The van der Waals surface area contributed by atoms with E-state index in [0.717, 1.165) is 11.0 Å². The molecule has 1 N–H and O–H groups in total. The first-order chi connectivity index (χ1) is 14.1. The molecule has 0 radical (unpaired) electrons. The second-order valence-electron chi connectivity index (χ2n) is 7.33. The Morgan fingerprint density at radius 1 is 1.30 bits per heavy atom. The summed E-state index contributed by atoms with van der Waals surface area (Å²) in [7, 11) is 0. The monoisotopic (exact) mass is 409 g/mol. The molecule has 154 valence electrons. The summed E-state index contributed by atoms with van der Waals surface area (Å²) >= 11 is 0. The van der Waals surface area contributed by atoms with Gasteiger partial charge < -0.3 is 5.32 Å². The third-order valence-electron chi connectivity index (χ3n) is 4.78. The molecule has 0 saturated carbocycles. The zero-order chi connectivity index (χ0) is 22.1. The van der Waals surface area contributed by atoms with Gasteiger partial charge in [0.25, 0.3) is 5.91 Å². The molecule has 0 fully saturated rings. The summed E-state index contributed by atoms with van der Waals surface area (Å²) in [6.07, 6.45) is 3.22. The molecule has 0 bridgehead atoms. The van der Waals surface area contributed by atoms with Gasteiger partial charge in [0.1, 0.15) is 0 Å². The highest BCUT2D eigenvalue weighted by molar-refractivity contribution is 5.83. The van der Waals surface area contributed by atoms with Crippen LogP contribution in [0.3, 0.4) is 0 Å². The van der Waals surface area contributed by atoms with Crippen molar-refractivity contribution in [3.63, 3.8) is 0 Å². The van der Waals surface area contributed by atoms with E-state index >= 15 is 0 Å². The standard InChI is InChI=1S/C22H21F2N5O/c1-13(2)18-7-6-16(11-26-18)20(14(3)28-21(30)22(4,23)24)29-19-8-5-15(10-25)9-17(19)12-27-29/h5-9,11-12,14,20H,1H2,2-4H3,(H,28,30)/t14-,20?/m0/s1. The van der Waals surface area contributed by atoms with Crippen LogP contribution in [0, 0.1) is 11.3 Å². The van der Waals surface area contributed by atoms with Crippen LogP contribution in [0.5, 0.6) is 0 Å². The summed E-state index contributed by atoms with van der Waals surface area (Å²) in [6, 6.07) is 9.44. The van der Waals surface area contributed by atoms with Crippen molar-refractivity contribution in [1.82, 2.24) is 20.1 Å². The van der Waals surface area contributed by atoms with Crippen LogP contribution in [0.4, 0.5) is 8.78 Å². The Morgan fingerprint density at radius 2 is 2.03 bits per heavy atom. The zero-order valence-electron chi connectivity index (χ0n) is 16.9. The van der Waals surface area contributed by atoms with Crippen molar-refractivity contribution in [2.24, 2.45) is 0 Å². The van der Waals surface area contributed by atoms with Gasteiger partial charge in [-0.1, -0.05) is 12.6 Å². The number of nitriles is 1. The molecule has 2 atom stereocenters. The molecule has 0 aliphatic rings. The van der Waals surface area contributed by atoms with E-state index < -0.39 is 23.9 Å². The topological polar surface area (TPSA) is 83.6 Å². The number of hydrogen-bond donors (Lipinski definition) is 1. The number of hydrogen-bond acceptors (Lipinski definition) is 4. The van der Waals surface area contributed by atoms with Crippen LogP contribution in [-0.2, 0) is 4.79 Å². The van der Waals surface area contributed by atoms with Gasteiger partial charge in [0, 0.05) is 18.5 Å². The number of carbonyl (C=O) groups is 1. The average Bonchev–Trinajstić information content (AvgIpc) is 3.10. The molecule has 2 aromatic heterocycles. The van der Waals surface area contributed by atoms with Crippen LogP contribution in [-0.4, -0.2) is 32.6 Å². The highest BCUT2D eigenvalue weighted by Gasteiger charge is 2.35. The summed E-state index contributed by atoms with van der Waals surface area (Å²) in [5.74, 6) is -4.87. The van der Waals surface area contributed by atoms with Gasteiger partial charge in [0.15, 0.2) is 0 Å². The van der Waals surface area contributed by atoms with Crippen LogP contribution in [0.15, 0.2) is 49.3 Å². The molecule has 8 heteroatoms. The number of aromatic nitrogens is 3. The van der Waals surface area contributed by atoms with Crippen LogP contribution in [0.1, 0.15) is 43.6 Å². The van der Waals surface area contributed by atoms with E-state index in [1.807, 2.05) is 13.0 Å². The molecule has 1 amide bonds. The number of benzene rings is 1. The van der Waals surface area contributed by atoms with Crippen molar-refractivity contribution < 1.29 is 13.6 Å². The molecule has 0 saturated heterocycles. The number of amides is 1. The number of halogens is 2. The second-order valence-corrected chi connectivity index (χ2v) is 7.33. The Balaban J connectivity index is 2.09. The highest BCUT2D eigenvalue weighted by atomic mass is 19.3. The summed E-state index contributed by atoms with van der Waals surface area (Å²) in [5, 5.41) is 16.6. The predicted molar refractivity (Wildman–Crippen MR) is 110 cm³/mol. The van der Waals surface area contributed by atoms with E-state index in [1.54, 1.807) is 48.3 Å².